The first kappa shape index (κ1) is 17.4. The molecule has 1 amide bonds. The van der Waals surface area contributed by atoms with E-state index in [0.717, 1.165) is 52.4 Å². The van der Waals surface area contributed by atoms with E-state index in [1.54, 1.807) is 11.8 Å². The number of hydrogen-bond acceptors (Lipinski definition) is 5. The fourth-order valence-corrected chi connectivity index (χ4v) is 3.66. The molecule has 0 unspecified atom stereocenters. The minimum absolute atomic E-state index is 0.0394. The van der Waals surface area contributed by atoms with Gasteiger partial charge in [0.15, 0.2) is 0 Å². The van der Waals surface area contributed by atoms with Crippen molar-refractivity contribution in [2.45, 2.75) is 25.9 Å². The Hall–Kier alpha value is -1.44. The molecule has 2 fully saturated rings. The van der Waals surface area contributed by atoms with Gasteiger partial charge in [0.25, 0.3) is 5.91 Å². The van der Waals surface area contributed by atoms with Gasteiger partial charge in [-0.25, -0.2) is 0 Å². The van der Waals surface area contributed by atoms with Gasteiger partial charge in [0.2, 0.25) is 0 Å². The topological polar surface area (TPSA) is 59.8 Å². The lowest BCUT2D eigenvalue weighted by Gasteiger charge is -2.42. The number of fused-ring (bicyclic) bond motifs is 1. The second-order valence-corrected chi connectivity index (χ2v) is 6.53. The van der Waals surface area contributed by atoms with Gasteiger partial charge in [0, 0.05) is 58.0 Å². The van der Waals surface area contributed by atoms with Crippen LogP contribution in [0.2, 0.25) is 0 Å². The Morgan fingerprint density at radius 3 is 3.08 bits per heavy atom. The number of hydrogen-bond donors (Lipinski definition) is 0. The van der Waals surface area contributed by atoms with Crippen LogP contribution in [0.15, 0.2) is 12.3 Å². The van der Waals surface area contributed by atoms with E-state index in [1.807, 2.05) is 24.1 Å². The van der Waals surface area contributed by atoms with Gasteiger partial charge in [-0.05, 0) is 19.4 Å². The van der Waals surface area contributed by atoms with Crippen LogP contribution in [-0.2, 0) is 16.0 Å². The van der Waals surface area contributed by atoms with Gasteiger partial charge in [-0.15, -0.1) is 0 Å². The molecule has 0 spiro atoms. The normalized spacial score (nSPS) is 25.3. The molecule has 3 heterocycles. The number of carbonyl (C=O) groups excluding carboxylic acids is 1. The number of aryl methyl sites for hydroxylation is 1. The summed E-state index contributed by atoms with van der Waals surface area (Å²) in [6, 6.07) is 2.16. The number of carbonyl (C=O) groups is 1. The van der Waals surface area contributed by atoms with Gasteiger partial charge in [0.1, 0.15) is 5.69 Å². The molecule has 2 aliphatic heterocycles. The molecule has 1 aromatic heterocycles. The fraction of sp³-hybridized carbons (Fsp3) is 0.765. The maximum absolute atomic E-state index is 12.8. The zero-order valence-electron chi connectivity index (χ0n) is 14.7. The van der Waals surface area contributed by atoms with Crippen molar-refractivity contribution in [3.05, 3.63) is 18.0 Å². The Morgan fingerprint density at radius 2 is 2.33 bits per heavy atom. The van der Waals surface area contributed by atoms with Crippen LogP contribution in [-0.4, -0.2) is 84.6 Å². The van der Waals surface area contributed by atoms with Gasteiger partial charge < -0.3 is 14.4 Å². The molecule has 3 rings (SSSR count). The number of methoxy groups -OCH3 is 1. The molecule has 2 aliphatic rings. The first-order valence-electron chi connectivity index (χ1n) is 8.86. The van der Waals surface area contributed by atoms with Crippen molar-refractivity contribution in [1.82, 2.24) is 19.6 Å². The zero-order chi connectivity index (χ0) is 16.9. The van der Waals surface area contributed by atoms with E-state index in [-0.39, 0.29) is 5.91 Å². The third kappa shape index (κ3) is 3.79. The van der Waals surface area contributed by atoms with Crippen molar-refractivity contribution in [2.75, 3.05) is 53.1 Å². The Balaban J connectivity index is 1.69. The highest BCUT2D eigenvalue weighted by Crippen LogP contribution is 2.26. The fourth-order valence-electron chi connectivity index (χ4n) is 3.66. The average molecular weight is 336 g/mol. The first-order chi connectivity index (χ1) is 11.7. The van der Waals surface area contributed by atoms with Gasteiger partial charge in [0.05, 0.1) is 19.8 Å². The maximum atomic E-state index is 12.8. The predicted molar refractivity (Wildman–Crippen MR) is 90.0 cm³/mol. The lowest BCUT2D eigenvalue weighted by Crippen LogP contribution is -2.55. The summed E-state index contributed by atoms with van der Waals surface area (Å²) in [7, 11) is 1.73. The van der Waals surface area contributed by atoms with Gasteiger partial charge in [-0.1, -0.05) is 0 Å². The lowest BCUT2D eigenvalue weighted by atomic mass is 9.91. The highest BCUT2D eigenvalue weighted by molar-refractivity contribution is 5.92. The molecule has 0 aromatic carbocycles. The molecule has 0 aliphatic carbocycles. The Labute approximate surface area is 143 Å². The number of aromatic nitrogens is 2. The quantitative estimate of drug-likeness (QED) is 0.793. The number of amides is 1. The van der Waals surface area contributed by atoms with Crippen LogP contribution in [0.4, 0.5) is 0 Å². The second kappa shape index (κ2) is 8.09. The summed E-state index contributed by atoms with van der Waals surface area (Å²) >= 11 is 0. The molecular formula is C17H28N4O3. The van der Waals surface area contributed by atoms with Crippen molar-refractivity contribution in [3.8, 4) is 0 Å². The molecule has 134 valence electrons. The molecule has 7 heteroatoms. The molecule has 24 heavy (non-hydrogen) atoms. The van der Waals surface area contributed by atoms with Crippen LogP contribution >= 0.6 is 0 Å². The molecule has 0 saturated carbocycles. The molecular weight excluding hydrogens is 308 g/mol. The Bertz CT molecular complexity index is 548. The first-order valence-corrected chi connectivity index (χ1v) is 8.86. The minimum Gasteiger partial charge on any atom is -0.383 e. The van der Waals surface area contributed by atoms with Crippen molar-refractivity contribution in [3.63, 3.8) is 0 Å². The average Bonchev–Trinajstić information content (AvgIpc) is 3.01. The number of ether oxygens (including phenoxy) is 2. The summed E-state index contributed by atoms with van der Waals surface area (Å²) in [4.78, 5) is 17.2. The second-order valence-electron chi connectivity index (χ2n) is 6.53. The van der Waals surface area contributed by atoms with E-state index in [9.17, 15) is 4.79 Å². The summed E-state index contributed by atoms with van der Waals surface area (Å²) in [5.74, 6) is 0.527. The van der Waals surface area contributed by atoms with Crippen LogP contribution < -0.4 is 0 Å². The zero-order valence-corrected chi connectivity index (χ0v) is 14.7. The number of likely N-dealkylation sites (tertiary alicyclic amines) is 1. The van der Waals surface area contributed by atoms with Crippen LogP contribution in [0.25, 0.3) is 0 Å². The van der Waals surface area contributed by atoms with E-state index in [0.29, 0.717) is 24.3 Å². The van der Waals surface area contributed by atoms with E-state index in [2.05, 4.69) is 10.00 Å². The minimum atomic E-state index is 0.0394. The Kier molecular flexibility index (Phi) is 5.86. The van der Waals surface area contributed by atoms with E-state index in [1.165, 1.54) is 0 Å². The molecule has 0 radical (unpaired) electrons. The lowest BCUT2D eigenvalue weighted by molar-refractivity contribution is 0.0324. The molecule has 7 nitrogen and oxygen atoms in total. The van der Waals surface area contributed by atoms with E-state index in [4.69, 9.17) is 9.47 Å². The maximum Gasteiger partial charge on any atom is 0.274 e. The van der Waals surface area contributed by atoms with Crippen LogP contribution in [0.5, 0.6) is 0 Å². The largest absolute Gasteiger partial charge is 0.383 e. The monoisotopic (exact) mass is 336 g/mol. The molecule has 0 bridgehead atoms. The summed E-state index contributed by atoms with van der Waals surface area (Å²) in [5, 5.41) is 4.36. The molecule has 0 N–H and O–H groups in total. The SMILES string of the molecule is CCn1ccc(C(=O)N2CC[C@@H]3COCCN(CCOC)[C@@H]3C2)n1. The van der Waals surface area contributed by atoms with Crippen LogP contribution in [0, 0.1) is 5.92 Å². The number of piperidine rings is 1. The summed E-state index contributed by atoms with van der Waals surface area (Å²) in [6.45, 7) is 8.36. The molecule has 2 saturated heterocycles. The van der Waals surface area contributed by atoms with Crippen molar-refractivity contribution in [2.24, 2.45) is 5.92 Å². The summed E-state index contributed by atoms with van der Waals surface area (Å²) < 4.78 is 12.8. The highest BCUT2D eigenvalue weighted by Gasteiger charge is 2.37. The van der Waals surface area contributed by atoms with Gasteiger partial charge in [-0.2, -0.15) is 5.10 Å². The number of nitrogens with zero attached hydrogens (tertiary/aromatic N) is 4. The van der Waals surface area contributed by atoms with Crippen molar-refractivity contribution in [1.29, 1.82) is 0 Å². The van der Waals surface area contributed by atoms with E-state index < -0.39 is 0 Å². The van der Waals surface area contributed by atoms with Crippen LogP contribution in [0.1, 0.15) is 23.8 Å². The summed E-state index contributed by atoms with van der Waals surface area (Å²) in [6.07, 6.45) is 2.85. The standard InChI is InChI=1S/C17H28N4O3/c1-3-21-7-5-15(18-21)17(22)20-6-4-14-13-24-11-9-19(8-10-23-2)16(14)12-20/h5,7,14,16H,3-4,6,8-13H2,1-2H3/t14-,16-/m1/s1. The van der Waals surface area contributed by atoms with Crippen molar-refractivity contribution < 1.29 is 14.3 Å². The van der Waals surface area contributed by atoms with Crippen LogP contribution in [0.3, 0.4) is 0 Å². The summed E-state index contributed by atoms with van der Waals surface area (Å²) in [5.41, 5.74) is 0.545. The third-order valence-corrected chi connectivity index (χ3v) is 5.10. The molecule has 1 aromatic rings. The predicted octanol–water partition coefficient (Wildman–Crippen LogP) is 0.712. The third-order valence-electron chi connectivity index (χ3n) is 5.10. The van der Waals surface area contributed by atoms with Gasteiger partial charge in [-0.3, -0.25) is 14.4 Å². The van der Waals surface area contributed by atoms with Crippen molar-refractivity contribution >= 4 is 5.91 Å². The smallest absolute Gasteiger partial charge is 0.274 e. The molecule has 2 atom stereocenters. The van der Waals surface area contributed by atoms with E-state index >= 15 is 0 Å². The Morgan fingerprint density at radius 1 is 1.46 bits per heavy atom. The highest BCUT2D eigenvalue weighted by atomic mass is 16.5. The number of rotatable bonds is 5. The van der Waals surface area contributed by atoms with Gasteiger partial charge >= 0.3 is 0 Å².